The predicted molar refractivity (Wildman–Crippen MR) is 234 cm³/mol. The molecule has 0 nitrogen and oxygen atoms in total. The van der Waals surface area contributed by atoms with E-state index in [2.05, 4.69) is 161 Å². The number of unbranched alkanes of at least 4 members (excludes halogenated alkanes) is 4. The largest absolute Gasteiger partial charge is 0.0654 e. The number of hydrogen-bond acceptors (Lipinski definition) is 0. The van der Waals surface area contributed by atoms with Crippen molar-refractivity contribution in [3.8, 4) is 44.5 Å². The SMILES string of the molecule is CCCCCC1(CCCCC)c2ccccc2-c2ccc(-c3c4ccccc4c(-c4ccc5c(c4)C(CC)(CC)c4ccccc4-5)c4ccccc34)cc21. The van der Waals surface area contributed by atoms with E-state index in [0.29, 0.717) is 0 Å². The maximum Gasteiger partial charge on any atom is 0.0215 e. The van der Waals surface area contributed by atoms with E-state index in [9.17, 15) is 0 Å². The minimum Gasteiger partial charge on any atom is -0.0654 e. The van der Waals surface area contributed by atoms with Gasteiger partial charge in [-0.1, -0.05) is 188 Å². The Labute approximate surface area is 323 Å². The topological polar surface area (TPSA) is 0 Å². The van der Waals surface area contributed by atoms with Crippen LogP contribution in [0.5, 0.6) is 0 Å². The molecule has 0 N–H and O–H groups in total. The van der Waals surface area contributed by atoms with Crippen LogP contribution in [-0.2, 0) is 10.8 Å². The van der Waals surface area contributed by atoms with Gasteiger partial charge < -0.3 is 0 Å². The lowest BCUT2D eigenvalue weighted by molar-refractivity contribution is 0.405. The number of rotatable bonds is 12. The highest BCUT2D eigenvalue weighted by molar-refractivity contribution is 6.21. The molecule has 0 spiro atoms. The third kappa shape index (κ3) is 5.16. The fourth-order valence-corrected chi connectivity index (χ4v) is 11.0. The standard InChI is InChI=1S/C54H54/c1-5-9-19-33-54(34-20-10-6-2)48-28-18-16-22-40(48)42-32-30-38(36-50(42)54)52-45-25-13-11-23-43(45)51(44-24-12-14-26-46(44)52)37-29-31-41-39-21-15-17-27-47(39)53(7-3,8-4)49(41)35-37/h11-18,21-32,35-36H,5-10,19-20,33-34H2,1-4H3. The van der Waals surface area contributed by atoms with Crippen LogP contribution >= 0.6 is 0 Å². The first-order valence-electron chi connectivity index (χ1n) is 21.0. The highest BCUT2D eigenvalue weighted by Crippen LogP contribution is 2.57. The van der Waals surface area contributed by atoms with Crippen molar-refractivity contribution in [3.63, 3.8) is 0 Å². The lowest BCUT2D eigenvalue weighted by Gasteiger charge is -2.33. The second-order valence-corrected chi connectivity index (χ2v) is 16.2. The zero-order chi connectivity index (χ0) is 36.9. The van der Waals surface area contributed by atoms with Gasteiger partial charge in [0.05, 0.1) is 0 Å². The van der Waals surface area contributed by atoms with E-state index < -0.39 is 0 Å². The van der Waals surface area contributed by atoms with Crippen LogP contribution in [0.2, 0.25) is 0 Å². The first-order chi connectivity index (χ1) is 26.6. The Morgan fingerprint density at radius 3 is 1.15 bits per heavy atom. The fraction of sp³-hybridized carbons (Fsp3) is 0.296. The molecule has 0 amide bonds. The summed E-state index contributed by atoms with van der Waals surface area (Å²) in [5, 5.41) is 5.35. The molecule has 0 heterocycles. The number of hydrogen-bond donors (Lipinski definition) is 0. The van der Waals surface area contributed by atoms with Gasteiger partial charge in [-0.3, -0.25) is 0 Å². The lowest BCUT2D eigenvalue weighted by Crippen LogP contribution is -2.25. The van der Waals surface area contributed by atoms with E-state index in [1.165, 1.54) is 129 Å². The summed E-state index contributed by atoms with van der Waals surface area (Å²) in [6.45, 7) is 9.42. The molecule has 0 unspecified atom stereocenters. The van der Waals surface area contributed by atoms with Gasteiger partial charge in [-0.2, -0.15) is 0 Å². The number of benzene rings is 7. The molecule has 0 saturated heterocycles. The van der Waals surface area contributed by atoms with Crippen LogP contribution in [0.3, 0.4) is 0 Å². The number of fused-ring (bicyclic) bond motifs is 8. The van der Waals surface area contributed by atoms with Crippen LogP contribution in [0.15, 0.2) is 133 Å². The first kappa shape index (κ1) is 34.8. The van der Waals surface area contributed by atoms with E-state index >= 15 is 0 Å². The fourth-order valence-electron chi connectivity index (χ4n) is 11.0. The average Bonchev–Trinajstić information content (AvgIpc) is 3.66. The summed E-state index contributed by atoms with van der Waals surface area (Å²) in [6, 6.07) is 51.9. The molecule has 0 fully saturated rings. The van der Waals surface area contributed by atoms with Crippen LogP contribution < -0.4 is 0 Å². The van der Waals surface area contributed by atoms with Gasteiger partial charge in [-0.15, -0.1) is 0 Å². The van der Waals surface area contributed by atoms with Gasteiger partial charge in [0.2, 0.25) is 0 Å². The summed E-state index contributed by atoms with van der Waals surface area (Å²) in [5.74, 6) is 0. The Morgan fingerprint density at radius 1 is 0.352 bits per heavy atom. The summed E-state index contributed by atoms with van der Waals surface area (Å²) >= 11 is 0. The first-order valence-corrected chi connectivity index (χ1v) is 21.0. The molecule has 0 radical (unpaired) electrons. The van der Waals surface area contributed by atoms with Crippen molar-refractivity contribution < 1.29 is 0 Å². The van der Waals surface area contributed by atoms with E-state index in [1.54, 1.807) is 11.1 Å². The van der Waals surface area contributed by atoms with Crippen LogP contribution in [-0.4, -0.2) is 0 Å². The summed E-state index contributed by atoms with van der Waals surface area (Å²) in [7, 11) is 0. The van der Waals surface area contributed by atoms with Gasteiger partial charge in [0.15, 0.2) is 0 Å². The Kier molecular flexibility index (Phi) is 9.05. The van der Waals surface area contributed by atoms with Gasteiger partial charge >= 0.3 is 0 Å². The predicted octanol–water partition coefficient (Wildman–Crippen LogP) is 15.8. The summed E-state index contributed by atoms with van der Waals surface area (Å²) in [5.41, 5.74) is 17.3. The third-order valence-electron chi connectivity index (χ3n) is 13.7. The Bertz CT molecular complexity index is 2440. The van der Waals surface area contributed by atoms with E-state index in [0.717, 1.165) is 12.8 Å². The summed E-state index contributed by atoms with van der Waals surface area (Å²) in [4.78, 5) is 0. The molecular weight excluding hydrogens is 649 g/mol. The molecule has 2 aliphatic carbocycles. The second kappa shape index (κ2) is 14.0. The van der Waals surface area contributed by atoms with Gasteiger partial charge in [-0.25, -0.2) is 0 Å². The maximum absolute atomic E-state index is 2.63. The van der Waals surface area contributed by atoms with E-state index in [4.69, 9.17) is 0 Å². The zero-order valence-corrected chi connectivity index (χ0v) is 32.8. The van der Waals surface area contributed by atoms with Gasteiger partial charge in [0.25, 0.3) is 0 Å². The highest BCUT2D eigenvalue weighted by atomic mass is 14.5. The molecule has 54 heavy (non-hydrogen) atoms. The zero-order valence-electron chi connectivity index (χ0n) is 32.8. The van der Waals surface area contributed by atoms with Crippen LogP contribution in [0.1, 0.15) is 114 Å². The van der Waals surface area contributed by atoms with Crippen molar-refractivity contribution in [2.45, 2.75) is 103 Å². The van der Waals surface area contributed by atoms with E-state index in [1.807, 2.05) is 0 Å². The van der Waals surface area contributed by atoms with Crippen LogP contribution in [0, 0.1) is 0 Å². The lowest BCUT2D eigenvalue weighted by atomic mass is 9.70. The quantitative estimate of drug-likeness (QED) is 0.0878. The monoisotopic (exact) mass is 702 g/mol. The van der Waals surface area contributed by atoms with Crippen LogP contribution in [0.25, 0.3) is 66.1 Å². The van der Waals surface area contributed by atoms with Gasteiger partial charge in [-0.05, 0) is 126 Å². The van der Waals surface area contributed by atoms with Crippen molar-refractivity contribution >= 4 is 21.5 Å². The van der Waals surface area contributed by atoms with Crippen molar-refractivity contribution in [1.82, 2.24) is 0 Å². The minimum absolute atomic E-state index is 0.0379. The molecule has 7 aromatic rings. The molecule has 2 aliphatic rings. The van der Waals surface area contributed by atoms with E-state index in [-0.39, 0.29) is 10.8 Å². The Hall–Kier alpha value is -4.94. The molecule has 9 rings (SSSR count). The molecule has 0 saturated carbocycles. The smallest absolute Gasteiger partial charge is 0.0215 e. The highest BCUT2D eigenvalue weighted by Gasteiger charge is 2.43. The third-order valence-corrected chi connectivity index (χ3v) is 13.7. The van der Waals surface area contributed by atoms with Crippen molar-refractivity contribution in [3.05, 3.63) is 156 Å². The molecule has 0 bridgehead atoms. The molecule has 0 heteroatoms. The van der Waals surface area contributed by atoms with Gasteiger partial charge in [0.1, 0.15) is 0 Å². The van der Waals surface area contributed by atoms with Crippen molar-refractivity contribution in [1.29, 1.82) is 0 Å². The van der Waals surface area contributed by atoms with Gasteiger partial charge in [0, 0.05) is 10.8 Å². The maximum atomic E-state index is 2.63. The van der Waals surface area contributed by atoms with Crippen molar-refractivity contribution in [2.24, 2.45) is 0 Å². The molecule has 270 valence electrons. The van der Waals surface area contributed by atoms with Crippen LogP contribution in [0.4, 0.5) is 0 Å². The summed E-state index contributed by atoms with van der Waals surface area (Å²) < 4.78 is 0. The van der Waals surface area contributed by atoms with Crippen molar-refractivity contribution in [2.75, 3.05) is 0 Å². The molecular formula is C54H54. The Balaban J connectivity index is 1.27. The summed E-state index contributed by atoms with van der Waals surface area (Å²) in [6.07, 6.45) is 12.2. The minimum atomic E-state index is 0.0379. The molecule has 0 atom stereocenters. The molecule has 7 aromatic carbocycles. The molecule has 0 aliphatic heterocycles. The second-order valence-electron chi connectivity index (χ2n) is 16.2. The Morgan fingerprint density at radius 2 is 0.722 bits per heavy atom. The molecule has 0 aromatic heterocycles. The average molecular weight is 703 g/mol. The normalized spacial score (nSPS) is 14.6.